The smallest absolute Gasteiger partial charge is 0.427 e. The number of pyridine rings is 1. The van der Waals surface area contributed by atoms with Gasteiger partial charge in [0.15, 0.2) is 5.78 Å². The third-order valence-corrected chi connectivity index (χ3v) is 4.16. The fourth-order valence-corrected chi connectivity index (χ4v) is 2.60. The maximum atomic E-state index is 12.6. The molecule has 1 amide bonds. The maximum Gasteiger partial charge on any atom is 0.514 e. The highest BCUT2D eigenvalue weighted by atomic mass is 16.7. The highest BCUT2D eigenvalue weighted by Crippen LogP contribution is 2.19. The first-order valence-corrected chi connectivity index (χ1v) is 9.76. The summed E-state index contributed by atoms with van der Waals surface area (Å²) in [7, 11) is 1.41. The third kappa shape index (κ3) is 8.18. The molecule has 0 aliphatic heterocycles. The van der Waals surface area contributed by atoms with Crippen LogP contribution in [-0.2, 0) is 20.9 Å². The van der Waals surface area contributed by atoms with Crippen molar-refractivity contribution in [3.05, 3.63) is 68.3 Å². The number of carbonyl (C=O) groups is 3. The molecule has 0 unspecified atom stereocenters. The fraction of sp³-hybridized carbons (Fsp3) is 0.300. The topological polar surface area (TPSA) is 196 Å². The molecule has 14 nitrogen and oxygen atoms in total. The zero-order valence-electron chi connectivity index (χ0n) is 18.0. The molecule has 14 heteroatoms. The van der Waals surface area contributed by atoms with Crippen molar-refractivity contribution < 1.29 is 33.5 Å². The number of ketones is 1. The molecule has 178 valence electrons. The summed E-state index contributed by atoms with van der Waals surface area (Å²) in [6.07, 6.45) is 0.665. The zero-order chi connectivity index (χ0) is 24.9. The minimum absolute atomic E-state index is 0.00347. The van der Waals surface area contributed by atoms with Crippen molar-refractivity contribution >= 4 is 29.2 Å². The van der Waals surface area contributed by atoms with Crippen LogP contribution in [0.5, 0.6) is 5.75 Å². The largest absolute Gasteiger partial charge is 0.514 e. The van der Waals surface area contributed by atoms with E-state index >= 15 is 0 Å². The lowest BCUT2D eigenvalue weighted by atomic mass is 10.1. The van der Waals surface area contributed by atoms with Gasteiger partial charge in [-0.15, -0.1) is 0 Å². The molecule has 1 aromatic carbocycles. The Hall–Kier alpha value is -4.55. The van der Waals surface area contributed by atoms with Crippen molar-refractivity contribution in [3.63, 3.8) is 0 Å². The van der Waals surface area contributed by atoms with E-state index in [1.807, 2.05) is 0 Å². The average molecular weight is 472 g/mol. The molecule has 34 heavy (non-hydrogen) atoms. The van der Waals surface area contributed by atoms with Gasteiger partial charge in [-0.1, -0.05) is 5.11 Å². The summed E-state index contributed by atoms with van der Waals surface area (Å²) in [6, 6.07) is 6.04. The van der Waals surface area contributed by atoms with E-state index < -0.39 is 23.6 Å². The lowest BCUT2D eigenvalue weighted by Gasteiger charge is -2.11. The number of hydrogen-bond donors (Lipinski definition) is 1. The number of Topliss-reactive ketones (excluding diaryl/α,β-unsaturated/α-hetero) is 1. The molecule has 0 fully saturated rings. The summed E-state index contributed by atoms with van der Waals surface area (Å²) >= 11 is 0. The molecule has 0 saturated carbocycles. The van der Waals surface area contributed by atoms with Gasteiger partial charge in [-0.2, -0.15) is 0 Å². The van der Waals surface area contributed by atoms with Gasteiger partial charge in [0.25, 0.3) is 11.6 Å². The Balaban J connectivity index is 2.00. The molecule has 1 heterocycles. The molecule has 0 saturated heterocycles. The minimum Gasteiger partial charge on any atom is -0.427 e. The van der Waals surface area contributed by atoms with E-state index in [9.17, 15) is 24.5 Å². The van der Waals surface area contributed by atoms with Gasteiger partial charge < -0.3 is 19.5 Å². The fourth-order valence-electron chi connectivity index (χ4n) is 2.60. The second-order valence-corrected chi connectivity index (χ2v) is 6.60. The molecule has 0 bridgehead atoms. The summed E-state index contributed by atoms with van der Waals surface area (Å²) in [5.41, 5.74) is 8.57. The van der Waals surface area contributed by atoms with Gasteiger partial charge in [0.05, 0.1) is 21.9 Å². The number of amides is 1. The number of azide groups is 1. The SMILES string of the molecule is COCC(=O)CCCNC(=O)c1cc(N=[N+]=[N-])cnc1COC(=O)Oc1ccc([N+](=O)[O-])cc1. The quantitative estimate of drug-likeness (QED) is 0.0703. The van der Waals surface area contributed by atoms with Crippen LogP contribution in [0.15, 0.2) is 41.6 Å². The summed E-state index contributed by atoms with van der Waals surface area (Å²) in [5.74, 6) is -0.670. The van der Waals surface area contributed by atoms with Crippen LogP contribution in [-0.4, -0.2) is 48.0 Å². The Bertz CT molecular complexity index is 1100. The van der Waals surface area contributed by atoms with Crippen LogP contribution in [0, 0.1) is 10.1 Å². The standard InChI is InChI=1S/C20H20N6O8/c1-32-11-15(27)3-2-8-22-19(28)17-9-13(24-25-21)10-23-18(17)12-33-20(29)34-16-6-4-14(5-7-16)26(30)31/h4-7,9-10H,2-3,8,11-12H2,1H3,(H,22,28). The van der Waals surface area contributed by atoms with Crippen LogP contribution in [0.1, 0.15) is 28.9 Å². The predicted molar refractivity (Wildman–Crippen MR) is 115 cm³/mol. The van der Waals surface area contributed by atoms with Crippen molar-refractivity contribution in [2.75, 3.05) is 20.3 Å². The monoisotopic (exact) mass is 472 g/mol. The molecular formula is C20H20N6O8. The van der Waals surface area contributed by atoms with Crippen LogP contribution in [0.3, 0.4) is 0 Å². The first kappa shape index (κ1) is 25.7. The number of non-ortho nitro benzene ring substituents is 1. The number of nitro benzene ring substituents is 1. The Kier molecular flexibility index (Phi) is 9.91. The number of benzene rings is 1. The van der Waals surface area contributed by atoms with E-state index in [4.69, 9.17) is 19.7 Å². The zero-order valence-corrected chi connectivity index (χ0v) is 18.0. The molecule has 1 N–H and O–H groups in total. The van der Waals surface area contributed by atoms with Crippen molar-refractivity contribution in [2.24, 2.45) is 5.11 Å². The van der Waals surface area contributed by atoms with Gasteiger partial charge >= 0.3 is 6.16 Å². The average Bonchev–Trinajstić information content (AvgIpc) is 2.81. The molecule has 0 spiro atoms. The Morgan fingerprint density at radius 1 is 1.26 bits per heavy atom. The van der Waals surface area contributed by atoms with E-state index in [-0.39, 0.29) is 53.7 Å². The predicted octanol–water partition coefficient (Wildman–Crippen LogP) is 3.37. The second kappa shape index (κ2) is 13.1. The van der Waals surface area contributed by atoms with Gasteiger partial charge in [-0.05, 0) is 30.2 Å². The molecule has 0 atom stereocenters. The van der Waals surface area contributed by atoms with E-state index in [1.165, 1.54) is 31.5 Å². The van der Waals surface area contributed by atoms with E-state index in [0.717, 1.165) is 12.1 Å². The number of nitro groups is 1. The number of nitrogens with zero attached hydrogens (tertiary/aromatic N) is 5. The molecule has 0 radical (unpaired) electrons. The van der Waals surface area contributed by atoms with Gasteiger partial charge in [0, 0.05) is 43.3 Å². The van der Waals surface area contributed by atoms with E-state index in [1.54, 1.807) is 0 Å². The second-order valence-electron chi connectivity index (χ2n) is 6.60. The number of ether oxygens (including phenoxy) is 3. The van der Waals surface area contributed by atoms with Crippen LogP contribution in [0.2, 0.25) is 0 Å². The van der Waals surface area contributed by atoms with Crippen LogP contribution in [0.4, 0.5) is 16.2 Å². The Morgan fingerprint density at radius 2 is 2.00 bits per heavy atom. The lowest BCUT2D eigenvalue weighted by molar-refractivity contribution is -0.384. The number of carbonyl (C=O) groups excluding carboxylic acids is 3. The van der Waals surface area contributed by atoms with E-state index in [2.05, 4.69) is 20.3 Å². The number of methoxy groups -OCH3 is 1. The number of rotatable bonds is 12. The summed E-state index contributed by atoms with van der Waals surface area (Å²) in [5, 5.41) is 16.7. The highest BCUT2D eigenvalue weighted by Gasteiger charge is 2.17. The van der Waals surface area contributed by atoms with Crippen molar-refractivity contribution in [1.82, 2.24) is 10.3 Å². The van der Waals surface area contributed by atoms with Crippen molar-refractivity contribution in [1.29, 1.82) is 0 Å². The lowest BCUT2D eigenvalue weighted by Crippen LogP contribution is -2.27. The molecule has 0 aliphatic carbocycles. The van der Waals surface area contributed by atoms with E-state index in [0.29, 0.717) is 6.42 Å². The number of aromatic nitrogens is 1. The van der Waals surface area contributed by atoms with Gasteiger partial charge in [0.2, 0.25) is 0 Å². The highest BCUT2D eigenvalue weighted by molar-refractivity contribution is 5.96. The van der Waals surface area contributed by atoms with Crippen LogP contribution >= 0.6 is 0 Å². The number of hydrogen-bond acceptors (Lipinski definition) is 10. The van der Waals surface area contributed by atoms with Crippen molar-refractivity contribution in [3.8, 4) is 5.75 Å². The summed E-state index contributed by atoms with van der Waals surface area (Å²) in [4.78, 5) is 52.8. The molecule has 1 aromatic heterocycles. The summed E-state index contributed by atoms with van der Waals surface area (Å²) < 4.78 is 14.7. The van der Waals surface area contributed by atoms with Crippen molar-refractivity contribution in [2.45, 2.75) is 19.4 Å². The van der Waals surface area contributed by atoms with Gasteiger partial charge in [-0.25, -0.2) is 4.79 Å². The first-order valence-electron chi connectivity index (χ1n) is 9.76. The van der Waals surface area contributed by atoms with Gasteiger partial charge in [0.1, 0.15) is 19.0 Å². The Morgan fingerprint density at radius 3 is 2.65 bits per heavy atom. The maximum absolute atomic E-state index is 12.6. The molecular weight excluding hydrogens is 452 g/mol. The minimum atomic E-state index is -1.13. The normalized spacial score (nSPS) is 10.0. The Labute approximate surface area is 192 Å². The van der Waals surface area contributed by atoms with Crippen LogP contribution < -0.4 is 10.1 Å². The summed E-state index contributed by atoms with van der Waals surface area (Å²) in [6.45, 7) is -0.274. The third-order valence-electron chi connectivity index (χ3n) is 4.16. The first-order chi connectivity index (χ1) is 16.3. The van der Waals surface area contributed by atoms with Crippen LogP contribution in [0.25, 0.3) is 10.4 Å². The molecule has 0 aliphatic rings. The number of nitrogens with one attached hydrogen (secondary N) is 1. The molecule has 2 aromatic rings. The van der Waals surface area contributed by atoms with Gasteiger partial charge in [-0.3, -0.25) is 24.7 Å². The molecule has 2 rings (SSSR count).